The van der Waals surface area contributed by atoms with Gasteiger partial charge in [0.2, 0.25) is 0 Å². The maximum absolute atomic E-state index is 5.40. The van der Waals surface area contributed by atoms with E-state index < -0.39 is 0 Å². The summed E-state index contributed by atoms with van der Waals surface area (Å²) in [5.74, 6) is 0. The fraction of sp³-hybridized carbons (Fsp3) is 0.692. The van der Waals surface area contributed by atoms with E-state index >= 15 is 0 Å². The summed E-state index contributed by atoms with van der Waals surface area (Å²) in [6, 6.07) is 0. The van der Waals surface area contributed by atoms with Crippen LogP contribution in [0.1, 0.15) is 32.9 Å². The molecule has 1 rings (SSSR count). The highest BCUT2D eigenvalue weighted by Gasteiger charge is 2.14. The van der Waals surface area contributed by atoms with Gasteiger partial charge in [0.25, 0.3) is 0 Å². The Morgan fingerprint density at radius 1 is 1.44 bits per heavy atom. The van der Waals surface area contributed by atoms with Crippen LogP contribution in [0.3, 0.4) is 0 Å². The molecule has 0 aliphatic rings. The van der Waals surface area contributed by atoms with Crippen molar-refractivity contribution in [1.82, 2.24) is 20.3 Å². The van der Waals surface area contributed by atoms with E-state index in [2.05, 4.69) is 43.0 Å². The number of ether oxygens (including phenoxy) is 1. The number of hydrogen-bond acceptors (Lipinski definition) is 4. The first-order valence-corrected chi connectivity index (χ1v) is 6.35. The molecule has 1 aromatic heterocycles. The lowest BCUT2D eigenvalue weighted by Gasteiger charge is -2.17. The standard InChI is InChI=1S/C13H24N4O/c1-5-6-8-18-9-7-14-10-12-11-17(16-15-12)13(2,3)4/h5,11,14H,1,6-10H2,2-4H3. The van der Waals surface area contributed by atoms with Gasteiger partial charge in [0.05, 0.1) is 30.6 Å². The zero-order valence-electron chi connectivity index (χ0n) is 11.6. The van der Waals surface area contributed by atoms with Crippen LogP contribution in [0.2, 0.25) is 0 Å². The molecule has 0 saturated heterocycles. The van der Waals surface area contributed by atoms with Gasteiger partial charge >= 0.3 is 0 Å². The Labute approximate surface area is 109 Å². The average Bonchev–Trinajstić information content (AvgIpc) is 2.76. The van der Waals surface area contributed by atoms with Crippen LogP contribution in [-0.4, -0.2) is 34.8 Å². The molecule has 0 aliphatic heterocycles. The Kier molecular flexibility index (Phi) is 6.01. The molecular weight excluding hydrogens is 228 g/mol. The minimum absolute atomic E-state index is 0.0148. The van der Waals surface area contributed by atoms with Crippen LogP contribution in [0, 0.1) is 0 Å². The summed E-state index contributed by atoms with van der Waals surface area (Å²) in [4.78, 5) is 0. The molecule has 0 unspecified atom stereocenters. The largest absolute Gasteiger partial charge is 0.380 e. The lowest BCUT2D eigenvalue weighted by molar-refractivity contribution is 0.140. The Morgan fingerprint density at radius 3 is 2.83 bits per heavy atom. The highest BCUT2D eigenvalue weighted by molar-refractivity contribution is 4.93. The predicted molar refractivity (Wildman–Crippen MR) is 72.4 cm³/mol. The Balaban J connectivity index is 2.16. The Bertz CT molecular complexity index is 354. The van der Waals surface area contributed by atoms with Gasteiger partial charge in [-0.05, 0) is 27.2 Å². The van der Waals surface area contributed by atoms with E-state index in [4.69, 9.17) is 4.74 Å². The molecule has 0 bridgehead atoms. The fourth-order valence-electron chi connectivity index (χ4n) is 1.34. The highest BCUT2D eigenvalue weighted by Crippen LogP contribution is 2.11. The van der Waals surface area contributed by atoms with Gasteiger partial charge in [-0.3, -0.25) is 0 Å². The summed E-state index contributed by atoms with van der Waals surface area (Å²) >= 11 is 0. The molecule has 0 fully saturated rings. The minimum Gasteiger partial charge on any atom is -0.380 e. The third-order valence-electron chi connectivity index (χ3n) is 2.42. The van der Waals surface area contributed by atoms with Crippen LogP contribution in [0.5, 0.6) is 0 Å². The highest BCUT2D eigenvalue weighted by atomic mass is 16.5. The number of nitrogens with one attached hydrogen (secondary N) is 1. The van der Waals surface area contributed by atoms with Crippen molar-refractivity contribution in [2.75, 3.05) is 19.8 Å². The van der Waals surface area contributed by atoms with Gasteiger partial charge in [0, 0.05) is 13.1 Å². The van der Waals surface area contributed by atoms with Gasteiger partial charge in [0.15, 0.2) is 0 Å². The van der Waals surface area contributed by atoms with E-state index in [1.807, 2.05) is 17.0 Å². The first-order chi connectivity index (χ1) is 8.54. The summed E-state index contributed by atoms with van der Waals surface area (Å²) in [5.41, 5.74) is 0.940. The molecule has 5 nitrogen and oxygen atoms in total. The Morgan fingerprint density at radius 2 is 2.22 bits per heavy atom. The molecular formula is C13H24N4O. The second-order valence-corrected chi connectivity index (χ2v) is 5.19. The summed E-state index contributed by atoms with van der Waals surface area (Å²) in [7, 11) is 0. The molecule has 18 heavy (non-hydrogen) atoms. The maximum atomic E-state index is 5.40. The van der Waals surface area contributed by atoms with Crippen molar-refractivity contribution in [1.29, 1.82) is 0 Å². The van der Waals surface area contributed by atoms with Crippen LogP contribution in [0.25, 0.3) is 0 Å². The summed E-state index contributed by atoms with van der Waals surface area (Å²) < 4.78 is 7.28. The van der Waals surface area contributed by atoms with Gasteiger partial charge in [-0.25, -0.2) is 4.68 Å². The molecule has 0 radical (unpaired) electrons. The first-order valence-electron chi connectivity index (χ1n) is 6.35. The van der Waals surface area contributed by atoms with E-state index in [9.17, 15) is 0 Å². The Hall–Kier alpha value is -1.20. The molecule has 102 valence electrons. The smallest absolute Gasteiger partial charge is 0.0965 e. The predicted octanol–water partition coefficient (Wildman–Crippen LogP) is 1.72. The molecule has 0 aliphatic carbocycles. The van der Waals surface area contributed by atoms with E-state index in [0.717, 1.165) is 31.8 Å². The number of nitrogens with zero attached hydrogens (tertiary/aromatic N) is 3. The first kappa shape index (κ1) is 14.9. The molecule has 1 heterocycles. The molecule has 0 spiro atoms. The lowest BCUT2D eigenvalue weighted by atomic mass is 10.1. The number of aromatic nitrogens is 3. The van der Waals surface area contributed by atoms with Crippen molar-refractivity contribution in [3.8, 4) is 0 Å². The lowest BCUT2D eigenvalue weighted by Crippen LogP contribution is -2.22. The molecule has 0 atom stereocenters. The molecule has 0 amide bonds. The minimum atomic E-state index is -0.0148. The van der Waals surface area contributed by atoms with Crippen molar-refractivity contribution in [3.63, 3.8) is 0 Å². The number of hydrogen-bond donors (Lipinski definition) is 1. The summed E-state index contributed by atoms with van der Waals surface area (Å²) in [6.07, 6.45) is 4.74. The van der Waals surface area contributed by atoms with Crippen molar-refractivity contribution in [2.45, 2.75) is 39.3 Å². The third-order valence-corrected chi connectivity index (χ3v) is 2.42. The van der Waals surface area contributed by atoms with E-state index in [-0.39, 0.29) is 5.54 Å². The van der Waals surface area contributed by atoms with Crippen LogP contribution < -0.4 is 5.32 Å². The van der Waals surface area contributed by atoms with Crippen LogP contribution in [-0.2, 0) is 16.8 Å². The SMILES string of the molecule is C=CCCOCCNCc1cn(C(C)(C)C)nn1. The van der Waals surface area contributed by atoms with Gasteiger partial charge < -0.3 is 10.1 Å². The van der Waals surface area contributed by atoms with Crippen LogP contribution >= 0.6 is 0 Å². The normalized spacial score (nSPS) is 11.7. The molecule has 1 aromatic rings. The van der Waals surface area contributed by atoms with E-state index in [0.29, 0.717) is 6.61 Å². The van der Waals surface area contributed by atoms with E-state index in [1.165, 1.54) is 0 Å². The quantitative estimate of drug-likeness (QED) is 0.565. The van der Waals surface area contributed by atoms with Gasteiger partial charge in [-0.2, -0.15) is 0 Å². The second kappa shape index (κ2) is 7.28. The fourth-order valence-corrected chi connectivity index (χ4v) is 1.34. The van der Waals surface area contributed by atoms with Gasteiger partial charge in [-0.1, -0.05) is 11.3 Å². The van der Waals surface area contributed by atoms with Gasteiger partial charge in [0.1, 0.15) is 0 Å². The molecule has 0 aromatic carbocycles. The van der Waals surface area contributed by atoms with Gasteiger partial charge in [-0.15, -0.1) is 11.7 Å². The van der Waals surface area contributed by atoms with Crippen molar-refractivity contribution in [3.05, 3.63) is 24.5 Å². The number of rotatable bonds is 8. The summed E-state index contributed by atoms with van der Waals surface area (Å²) in [6.45, 7) is 12.9. The average molecular weight is 252 g/mol. The third kappa shape index (κ3) is 5.42. The zero-order valence-corrected chi connectivity index (χ0v) is 11.6. The van der Waals surface area contributed by atoms with Crippen LogP contribution in [0.15, 0.2) is 18.9 Å². The van der Waals surface area contributed by atoms with Crippen LogP contribution in [0.4, 0.5) is 0 Å². The maximum Gasteiger partial charge on any atom is 0.0965 e. The topological polar surface area (TPSA) is 52.0 Å². The van der Waals surface area contributed by atoms with Crippen molar-refractivity contribution >= 4 is 0 Å². The summed E-state index contributed by atoms with van der Waals surface area (Å²) in [5, 5.41) is 11.5. The van der Waals surface area contributed by atoms with Crippen molar-refractivity contribution < 1.29 is 4.74 Å². The van der Waals surface area contributed by atoms with E-state index in [1.54, 1.807) is 0 Å². The monoisotopic (exact) mass is 252 g/mol. The molecule has 5 heteroatoms. The molecule has 0 saturated carbocycles. The molecule has 1 N–H and O–H groups in total. The zero-order chi connectivity index (χ0) is 13.4. The van der Waals surface area contributed by atoms with Crippen molar-refractivity contribution in [2.24, 2.45) is 0 Å². The second-order valence-electron chi connectivity index (χ2n) is 5.19.